The summed E-state index contributed by atoms with van der Waals surface area (Å²) < 4.78 is 18.4. The third kappa shape index (κ3) is 2.90. The number of aromatic nitrogens is 2. The third-order valence-electron chi connectivity index (χ3n) is 2.72. The second-order valence-corrected chi connectivity index (χ2v) is 4.12. The first-order chi connectivity index (χ1) is 9.11. The van der Waals surface area contributed by atoms with Gasteiger partial charge >= 0.3 is 0 Å². The highest BCUT2D eigenvalue weighted by Crippen LogP contribution is 2.18. The van der Waals surface area contributed by atoms with Crippen molar-refractivity contribution in [3.63, 3.8) is 0 Å². The molecule has 0 fully saturated rings. The van der Waals surface area contributed by atoms with E-state index in [1.54, 1.807) is 19.4 Å². The van der Waals surface area contributed by atoms with Crippen molar-refractivity contribution in [2.24, 2.45) is 0 Å². The van der Waals surface area contributed by atoms with Crippen LogP contribution in [0.2, 0.25) is 0 Å². The van der Waals surface area contributed by atoms with Gasteiger partial charge in [-0.3, -0.25) is 9.89 Å². The van der Waals surface area contributed by atoms with Gasteiger partial charge in [0.2, 0.25) is 0 Å². The minimum atomic E-state index is -0.551. The molecule has 1 aromatic carbocycles. The van der Waals surface area contributed by atoms with Crippen LogP contribution in [0.5, 0.6) is 5.75 Å². The molecule has 1 aromatic heterocycles. The Labute approximate surface area is 110 Å². The van der Waals surface area contributed by atoms with Gasteiger partial charge < -0.3 is 9.64 Å². The normalized spacial score (nSPS) is 10.3. The van der Waals surface area contributed by atoms with Gasteiger partial charge in [0.1, 0.15) is 0 Å². The molecule has 19 heavy (non-hydrogen) atoms. The number of ether oxygens (including phenoxy) is 1. The lowest BCUT2D eigenvalue weighted by Crippen LogP contribution is -2.26. The van der Waals surface area contributed by atoms with Gasteiger partial charge in [-0.15, -0.1) is 0 Å². The molecule has 1 N–H and O–H groups in total. The summed E-state index contributed by atoms with van der Waals surface area (Å²) in [5.74, 6) is -0.693. The average Bonchev–Trinajstić information content (AvgIpc) is 2.90. The number of benzene rings is 1. The quantitative estimate of drug-likeness (QED) is 0.915. The van der Waals surface area contributed by atoms with Crippen LogP contribution >= 0.6 is 0 Å². The zero-order chi connectivity index (χ0) is 13.8. The second-order valence-electron chi connectivity index (χ2n) is 4.12. The van der Waals surface area contributed by atoms with Crippen LogP contribution in [0.1, 0.15) is 15.9 Å². The topological polar surface area (TPSA) is 58.2 Å². The molecule has 0 spiro atoms. The van der Waals surface area contributed by atoms with Gasteiger partial charge in [-0.2, -0.15) is 5.10 Å². The molecule has 0 radical (unpaired) electrons. The zero-order valence-corrected chi connectivity index (χ0v) is 10.7. The first-order valence-corrected chi connectivity index (χ1v) is 5.68. The van der Waals surface area contributed by atoms with Gasteiger partial charge in [-0.05, 0) is 18.2 Å². The second kappa shape index (κ2) is 5.51. The highest BCUT2D eigenvalue weighted by molar-refractivity contribution is 5.94. The Hall–Kier alpha value is -2.37. The van der Waals surface area contributed by atoms with Gasteiger partial charge in [-0.1, -0.05) is 0 Å². The molecule has 0 unspecified atom stereocenters. The molecule has 0 bridgehead atoms. The lowest BCUT2D eigenvalue weighted by Gasteiger charge is -2.16. The molecule has 1 heterocycles. The van der Waals surface area contributed by atoms with Crippen molar-refractivity contribution in [3.8, 4) is 5.75 Å². The number of carbonyl (C=O) groups excluding carboxylic acids is 1. The molecular weight excluding hydrogens is 249 g/mol. The van der Waals surface area contributed by atoms with E-state index in [9.17, 15) is 9.18 Å². The van der Waals surface area contributed by atoms with Crippen molar-refractivity contribution in [2.75, 3.05) is 14.2 Å². The fourth-order valence-electron chi connectivity index (χ4n) is 1.73. The van der Waals surface area contributed by atoms with Crippen molar-refractivity contribution < 1.29 is 13.9 Å². The third-order valence-corrected chi connectivity index (χ3v) is 2.72. The van der Waals surface area contributed by atoms with Gasteiger partial charge in [0.25, 0.3) is 5.91 Å². The molecule has 2 rings (SSSR count). The monoisotopic (exact) mass is 263 g/mol. The van der Waals surface area contributed by atoms with Crippen molar-refractivity contribution in [1.29, 1.82) is 0 Å². The maximum absolute atomic E-state index is 13.5. The van der Waals surface area contributed by atoms with Crippen molar-refractivity contribution >= 4 is 5.91 Å². The summed E-state index contributed by atoms with van der Waals surface area (Å²) in [5, 5.41) is 6.48. The van der Waals surface area contributed by atoms with E-state index in [-0.39, 0.29) is 17.2 Å². The molecule has 0 atom stereocenters. The summed E-state index contributed by atoms with van der Waals surface area (Å²) in [5.41, 5.74) is 1.16. The molecule has 5 nitrogen and oxygen atoms in total. The molecule has 0 aliphatic rings. The van der Waals surface area contributed by atoms with E-state index in [0.29, 0.717) is 6.54 Å². The Kier molecular flexibility index (Phi) is 3.79. The first-order valence-electron chi connectivity index (χ1n) is 5.68. The number of hydrogen-bond donors (Lipinski definition) is 1. The van der Waals surface area contributed by atoms with Crippen LogP contribution in [0.15, 0.2) is 30.6 Å². The molecule has 2 aromatic rings. The SMILES string of the molecule is COc1ccc(C(=O)N(C)Cc2cn[nH]c2)cc1F. The number of nitrogens with zero attached hydrogens (tertiary/aromatic N) is 2. The maximum Gasteiger partial charge on any atom is 0.254 e. The fraction of sp³-hybridized carbons (Fsp3) is 0.231. The summed E-state index contributed by atoms with van der Waals surface area (Å²) in [6.45, 7) is 0.406. The first kappa shape index (κ1) is 13.1. The molecular formula is C13H14FN3O2. The largest absolute Gasteiger partial charge is 0.494 e. The number of H-pyrrole nitrogens is 1. The molecule has 100 valence electrons. The van der Waals surface area contributed by atoms with Crippen LogP contribution < -0.4 is 4.74 Å². The highest BCUT2D eigenvalue weighted by Gasteiger charge is 2.14. The Morgan fingerprint density at radius 2 is 2.32 bits per heavy atom. The van der Waals surface area contributed by atoms with E-state index in [2.05, 4.69) is 10.2 Å². The fourth-order valence-corrected chi connectivity index (χ4v) is 1.73. The van der Waals surface area contributed by atoms with E-state index < -0.39 is 5.82 Å². The van der Waals surface area contributed by atoms with E-state index in [4.69, 9.17) is 4.74 Å². The number of carbonyl (C=O) groups is 1. The van der Waals surface area contributed by atoms with Crippen LogP contribution in [0.25, 0.3) is 0 Å². The minimum Gasteiger partial charge on any atom is -0.494 e. The van der Waals surface area contributed by atoms with Crippen LogP contribution in [0.3, 0.4) is 0 Å². The Balaban J connectivity index is 2.12. The number of nitrogens with one attached hydrogen (secondary N) is 1. The smallest absolute Gasteiger partial charge is 0.254 e. The number of rotatable bonds is 4. The molecule has 0 aliphatic heterocycles. The number of amides is 1. The lowest BCUT2D eigenvalue weighted by atomic mass is 10.2. The van der Waals surface area contributed by atoms with Crippen molar-refractivity contribution in [2.45, 2.75) is 6.54 Å². The van der Waals surface area contributed by atoms with E-state index >= 15 is 0 Å². The van der Waals surface area contributed by atoms with Crippen LogP contribution in [-0.2, 0) is 6.54 Å². The summed E-state index contributed by atoms with van der Waals surface area (Å²) in [7, 11) is 3.03. The standard InChI is InChI=1S/C13H14FN3O2/c1-17(8-9-6-15-16-7-9)13(18)10-3-4-12(19-2)11(14)5-10/h3-7H,8H2,1-2H3,(H,15,16). The van der Waals surface area contributed by atoms with E-state index in [1.807, 2.05) is 0 Å². The average molecular weight is 263 g/mol. The van der Waals surface area contributed by atoms with Crippen molar-refractivity contribution in [3.05, 3.63) is 47.5 Å². The summed E-state index contributed by atoms with van der Waals surface area (Å²) in [6, 6.07) is 4.15. The van der Waals surface area contributed by atoms with Crippen LogP contribution in [0, 0.1) is 5.82 Å². The Morgan fingerprint density at radius 3 is 2.89 bits per heavy atom. The number of methoxy groups -OCH3 is 1. The molecule has 0 saturated carbocycles. The van der Waals surface area contributed by atoms with E-state index in [1.165, 1.54) is 30.2 Å². The number of halogens is 1. The van der Waals surface area contributed by atoms with Crippen LogP contribution in [0.4, 0.5) is 4.39 Å². The molecule has 0 saturated heterocycles. The summed E-state index contributed by atoms with van der Waals surface area (Å²) >= 11 is 0. The van der Waals surface area contributed by atoms with Gasteiger partial charge in [0.15, 0.2) is 11.6 Å². The van der Waals surface area contributed by atoms with Crippen LogP contribution in [-0.4, -0.2) is 35.2 Å². The predicted octanol–water partition coefficient (Wildman–Crippen LogP) is 1.83. The highest BCUT2D eigenvalue weighted by atomic mass is 19.1. The molecule has 0 aliphatic carbocycles. The number of hydrogen-bond acceptors (Lipinski definition) is 3. The molecule has 6 heteroatoms. The summed E-state index contributed by atoms with van der Waals surface area (Å²) in [6.07, 6.45) is 3.34. The van der Waals surface area contributed by atoms with Gasteiger partial charge in [0.05, 0.1) is 13.3 Å². The zero-order valence-electron chi connectivity index (χ0n) is 10.7. The maximum atomic E-state index is 13.5. The number of aromatic amines is 1. The lowest BCUT2D eigenvalue weighted by molar-refractivity contribution is 0.0784. The van der Waals surface area contributed by atoms with Gasteiger partial charge in [0, 0.05) is 30.9 Å². The molecule has 1 amide bonds. The minimum absolute atomic E-state index is 0.119. The Morgan fingerprint density at radius 1 is 1.53 bits per heavy atom. The Bertz CT molecular complexity index is 569. The van der Waals surface area contributed by atoms with E-state index in [0.717, 1.165) is 5.56 Å². The predicted molar refractivity (Wildman–Crippen MR) is 67.3 cm³/mol. The van der Waals surface area contributed by atoms with Crippen molar-refractivity contribution in [1.82, 2.24) is 15.1 Å². The summed E-state index contributed by atoms with van der Waals surface area (Å²) in [4.78, 5) is 13.6. The van der Waals surface area contributed by atoms with Gasteiger partial charge in [-0.25, -0.2) is 4.39 Å².